The summed E-state index contributed by atoms with van der Waals surface area (Å²) in [6.45, 7) is 3.77. The summed E-state index contributed by atoms with van der Waals surface area (Å²) < 4.78 is 25.9. The number of aromatic nitrogens is 1. The maximum Gasteiger partial charge on any atom is 0.274 e. The molecule has 4 rings (SSSR count). The van der Waals surface area contributed by atoms with Crippen LogP contribution in [0.2, 0.25) is 0 Å². The molecule has 1 aromatic heterocycles. The first kappa shape index (κ1) is 18.7. The third-order valence-corrected chi connectivity index (χ3v) is 5.67. The highest BCUT2D eigenvalue weighted by Crippen LogP contribution is 2.31. The van der Waals surface area contributed by atoms with Gasteiger partial charge in [0.2, 0.25) is 0 Å². The van der Waals surface area contributed by atoms with Gasteiger partial charge in [-0.3, -0.25) is 4.79 Å². The number of rotatable bonds is 5. The zero-order valence-corrected chi connectivity index (χ0v) is 16.4. The molecule has 0 saturated carbocycles. The molecule has 1 saturated heterocycles. The Bertz CT molecular complexity index is 965. The molecule has 2 aromatic carbocycles. The average molecular weight is 400 g/mol. The van der Waals surface area contributed by atoms with E-state index in [1.54, 1.807) is 18.2 Å². The van der Waals surface area contributed by atoms with E-state index in [1.165, 1.54) is 17.4 Å². The summed E-state index contributed by atoms with van der Waals surface area (Å²) in [7, 11) is 0. The summed E-state index contributed by atoms with van der Waals surface area (Å²) in [5.41, 5.74) is 1.01. The molecule has 0 aliphatic carbocycles. The van der Waals surface area contributed by atoms with Crippen molar-refractivity contribution in [1.82, 2.24) is 9.88 Å². The number of hydrogen-bond acceptors (Lipinski definition) is 5. The number of carbonyl (C=O) groups excluding carboxylic acids is 1. The monoisotopic (exact) mass is 400 g/mol. The van der Waals surface area contributed by atoms with Crippen LogP contribution in [0, 0.1) is 5.82 Å². The average Bonchev–Trinajstić information content (AvgIpc) is 3.13. The number of benzene rings is 2. The van der Waals surface area contributed by atoms with Gasteiger partial charge in [0.05, 0.1) is 11.3 Å². The zero-order chi connectivity index (χ0) is 19.5. The van der Waals surface area contributed by atoms with Crippen molar-refractivity contribution in [2.75, 3.05) is 19.7 Å². The van der Waals surface area contributed by atoms with Crippen LogP contribution in [-0.4, -0.2) is 41.6 Å². The van der Waals surface area contributed by atoms with Crippen molar-refractivity contribution < 1.29 is 18.7 Å². The predicted molar refractivity (Wildman–Crippen MR) is 107 cm³/mol. The number of nitrogens with zero attached hydrogens (tertiary/aromatic N) is 2. The van der Waals surface area contributed by atoms with Gasteiger partial charge in [0, 0.05) is 31.5 Å². The van der Waals surface area contributed by atoms with Crippen LogP contribution in [-0.2, 0) is 0 Å². The second-order valence-electron chi connectivity index (χ2n) is 6.63. The van der Waals surface area contributed by atoms with Crippen molar-refractivity contribution >= 4 is 27.5 Å². The first-order valence-corrected chi connectivity index (χ1v) is 10.2. The van der Waals surface area contributed by atoms with Crippen molar-refractivity contribution in [3.8, 4) is 10.9 Å². The third kappa shape index (κ3) is 3.94. The van der Waals surface area contributed by atoms with Gasteiger partial charge in [-0.25, -0.2) is 4.39 Å². The smallest absolute Gasteiger partial charge is 0.274 e. The highest BCUT2D eigenvalue weighted by molar-refractivity contribution is 7.20. The molecule has 1 aliphatic heterocycles. The van der Waals surface area contributed by atoms with E-state index in [4.69, 9.17) is 9.47 Å². The number of para-hydroxylation sites is 1. The molecule has 28 heavy (non-hydrogen) atoms. The number of amides is 1. The van der Waals surface area contributed by atoms with Crippen molar-refractivity contribution in [2.24, 2.45) is 0 Å². The van der Waals surface area contributed by atoms with Gasteiger partial charge in [0.25, 0.3) is 11.1 Å². The van der Waals surface area contributed by atoms with E-state index in [9.17, 15) is 9.18 Å². The van der Waals surface area contributed by atoms with Crippen molar-refractivity contribution in [1.29, 1.82) is 0 Å². The van der Waals surface area contributed by atoms with E-state index < -0.39 is 0 Å². The molecule has 0 N–H and O–H groups in total. The van der Waals surface area contributed by atoms with Crippen LogP contribution in [0.25, 0.3) is 10.2 Å². The Kier molecular flexibility index (Phi) is 5.43. The summed E-state index contributed by atoms with van der Waals surface area (Å²) in [6.07, 6.45) is 1.43. The van der Waals surface area contributed by atoms with Gasteiger partial charge < -0.3 is 14.4 Å². The van der Waals surface area contributed by atoms with E-state index in [0.717, 1.165) is 23.3 Å². The van der Waals surface area contributed by atoms with E-state index in [0.29, 0.717) is 36.0 Å². The Labute approximate surface area is 166 Å². The Morgan fingerprint density at radius 3 is 2.64 bits per heavy atom. The predicted octanol–water partition coefficient (Wildman–Crippen LogP) is 4.52. The molecule has 0 atom stereocenters. The van der Waals surface area contributed by atoms with Crippen LogP contribution >= 0.6 is 11.3 Å². The largest absolute Gasteiger partial charge is 0.494 e. The SMILES string of the molecule is CCOc1ccc(C(=O)N2CCC(Oc3nc4c(F)cccc4s3)CC2)cc1. The highest BCUT2D eigenvalue weighted by Gasteiger charge is 2.25. The molecular formula is C21H21FN2O3S. The van der Waals surface area contributed by atoms with Crippen molar-refractivity contribution in [3.05, 3.63) is 53.8 Å². The highest BCUT2D eigenvalue weighted by atomic mass is 32.1. The van der Waals surface area contributed by atoms with E-state index >= 15 is 0 Å². The summed E-state index contributed by atoms with van der Waals surface area (Å²) >= 11 is 1.35. The topological polar surface area (TPSA) is 51.7 Å². The molecule has 7 heteroatoms. The zero-order valence-electron chi connectivity index (χ0n) is 15.6. The molecule has 0 spiro atoms. The van der Waals surface area contributed by atoms with Crippen LogP contribution in [0.15, 0.2) is 42.5 Å². The lowest BCUT2D eigenvalue weighted by Gasteiger charge is -2.31. The molecule has 2 heterocycles. The molecule has 1 amide bonds. The van der Waals surface area contributed by atoms with Crippen LogP contribution in [0.3, 0.4) is 0 Å². The lowest BCUT2D eigenvalue weighted by molar-refractivity contribution is 0.0595. The van der Waals surface area contributed by atoms with Crippen molar-refractivity contribution in [3.63, 3.8) is 0 Å². The minimum Gasteiger partial charge on any atom is -0.494 e. The van der Waals surface area contributed by atoms with Crippen LogP contribution in [0.4, 0.5) is 4.39 Å². The molecule has 3 aromatic rings. The van der Waals surface area contributed by atoms with Gasteiger partial charge in [-0.05, 0) is 43.3 Å². The quantitative estimate of drug-likeness (QED) is 0.632. The second kappa shape index (κ2) is 8.14. The number of thiazole rings is 1. The van der Waals surface area contributed by atoms with Gasteiger partial charge in [-0.1, -0.05) is 17.4 Å². The second-order valence-corrected chi connectivity index (χ2v) is 7.63. The van der Waals surface area contributed by atoms with Gasteiger partial charge in [0.15, 0.2) is 0 Å². The van der Waals surface area contributed by atoms with Gasteiger partial charge >= 0.3 is 0 Å². The fourth-order valence-electron chi connectivity index (χ4n) is 3.31. The molecule has 146 valence electrons. The summed E-state index contributed by atoms with van der Waals surface area (Å²) in [4.78, 5) is 18.8. The fourth-order valence-corrected chi connectivity index (χ4v) is 4.20. The molecule has 5 nitrogen and oxygen atoms in total. The fraction of sp³-hybridized carbons (Fsp3) is 0.333. The summed E-state index contributed by atoms with van der Waals surface area (Å²) in [5, 5.41) is 0.483. The number of piperidine rings is 1. The van der Waals surface area contributed by atoms with Crippen molar-refractivity contribution in [2.45, 2.75) is 25.9 Å². The Morgan fingerprint density at radius 1 is 1.21 bits per heavy atom. The van der Waals surface area contributed by atoms with E-state index in [2.05, 4.69) is 4.98 Å². The summed E-state index contributed by atoms with van der Waals surface area (Å²) in [6, 6.07) is 12.1. The molecular weight excluding hydrogens is 379 g/mol. The molecule has 0 radical (unpaired) electrons. The van der Waals surface area contributed by atoms with Crippen LogP contribution in [0.5, 0.6) is 10.9 Å². The number of ether oxygens (including phenoxy) is 2. The summed E-state index contributed by atoms with van der Waals surface area (Å²) in [5.74, 6) is 0.446. The number of hydrogen-bond donors (Lipinski definition) is 0. The van der Waals surface area contributed by atoms with Crippen LogP contribution < -0.4 is 9.47 Å². The Balaban J connectivity index is 1.34. The number of likely N-dealkylation sites (tertiary alicyclic amines) is 1. The lowest BCUT2D eigenvalue weighted by Crippen LogP contribution is -2.41. The Morgan fingerprint density at radius 2 is 1.96 bits per heavy atom. The third-order valence-electron chi connectivity index (χ3n) is 4.76. The maximum atomic E-state index is 13.8. The first-order valence-electron chi connectivity index (χ1n) is 9.38. The number of halogens is 1. The first-order chi connectivity index (χ1) is 13.6. The molecule has 0 bridgehead atoms. The molecule has 1 aliphatic rings. The van der Waals surface area contributed by atoms with Crippen LogP contribution in [0.1, 0.15) is 30.1 Å². The minimum absolute atomic E-state index is 0.0172. The Hall–Kier alpha value is -2.67. The molecule has 1 fully saturated rings. The standard InChI is InChI=1S/C21H21FN2O3S/c1-2-26-15-8-6-14(7-9-15)20(25)24-12-10-16(11-13-24)27-21-23-19-17(22)4-3-5-18(19)28-21/h3-9,16H,2,10-13H2,1H3. The van der Waals surface area contributed by atoms with E-state index in [-0.39, 0.29) is 17.8 Å². The normalized spacial score (nSPS) is 15.0. The van der Waals surface area contributed by atoms with Gasteiger partial charge in [-0.15, -0.1) is 0 Å². The number of carbonyl (C=O) groups is 1. The lowest BCUT2D eigenvalue weighted by atomic mass is 10.1. The molecule has 0 unspecified atom stereocenters. The van der Waals surface area contributed by atoms with Gasteiger partial charge in [-0.2, -0.15) is 4.98 Å². The van der Waals surface area contributed by atoms with Gasteiger partial charge in [0.1, 0.15) is 23.2 Å². The van der Waals surface area contributed by atoms with E-state index in [1.807, 2.05) is 30.0 Å². The minimum atomic E-state index is -0.334. The number of fused-ring (bicyclic) bond motifs is 1. The maximum absolute atomic E-state index is 13.8.